The van der Waals surface area contributed by atoms with Crippen molar-refractivity contribution in [2.24, 2.45) is 23.9 Å². The number of sulfonamides is 1. The van der Waals surface area contributed by atoms with Gasteiger partial charge < -0.3 is 15.5 Å². The molecular formula is C9H17N5O3S. The zero-order chi connectivity index (χ0) is 13.9. The lowest BCUT2D eigenvalue weighted by Crippen LogP contribution is -2.34. The minimum absolute atomic E-state index is 0.0325. The van der Waals surface area contributed by atoms with E-state index in [-0.39, 0.29) is 17.4 Å². The van der Waals surface area contributed by atoms with Gasteiger partial charge in [-0.25, -0.2) is 18.1 Å². The summed E-state index contributed by atoms with van der Waals surface area (Å²) < 4.78 is 27.7. The van der Waals surface area contributed by atoms with Gasteiger partial charge in [-0.15, -0.1) is 0 Å². The summed E-state index contributed by atoms with van der Waals surface area (Å²) in [6, 6.07) is 0. The number of nitrogens with two attached hydrogens (primary N) is 1. The molecule has 1 rings (SSSR count). The molecule has 0 aliphatic carbocycles. The van der Waals surface area contributed by atoms with Crippen LogP contribution in [0.2, 0.25) is 0 Å². The van der Waals surface area contributed by atoms with Crippen LogP contribution < -0.4 is 10.5 Å². The van der Waals surface area contributed by atoms with Crippen LogP contribution >= 0.6 is 0 Å². The summed E-state index contributed by atoms with van der Waals surface area (Å²) in [5, 5.41) is 11.2. The van der Waals surface area contributed by atoms with Crippen LogP contribution in [0.4, 0.5) is 0 Å². The first-order valence-electron chi connectivity index (χ1n) is 5.25. The number of nitrogens with one attached hydrogen (secondary N) is 1. The highest BCUT2D eigenvalue weighted by atomic mass is 32.2. The predicted molar refractivity (Wildman–Crippen MR) is 65.7 cm³/mol. The van der Waals surface area contributed by atoms with Gasteiger partial charge >= 0.3 is 0 Å². The molecule has 0 spiro atoms. The molecule has 1 atom stereocenters. The molecule has 102 valence electrons. The van der Waals surface area contributed by atoms with Crippen molar-refractivity contribution >= 4 is 15.9 Å². The minimum Gasteiger partial charge on any atom is -0.409 e. The van der Waals surface area contributed by atoms with E-state index in [4.69, 9.17) is 10.9 Å². The summed E-state index contributed by atoms with van der Waals surface area (Å²) >= 11 is 0. The van der Waals surface area contributed by atoms with Crippen molar-refractivity contribution in [1.82, 2.24) is 14.3 Å². The molecule has 1 aromatic rings. The fourth-order valence-electron chi connectivity index (χ4n) is 1.17. The molecular weight excluding hydrogens is 258 g/mol. The third kappa shape index (κ3) is 3.20. The van der Waals surface area contributed by atoms with E-state index in [1.54, 1.807) is 25.5 Å². The lowest BCUT2D eigenvalue weighted by Gasteiger charge is -2.10. The number of nitrogens with zero attached hydrogens (tertiary/aromatic N) is 3. The van der Waals surface area contributed by atoms with Crippen LogP contribution in [0.5, 0.6) is 0 Å². The van der Waals surface area contributed by atoms with Gasteiger partial charge in [-0.2, -0.15) is 0 Å². The molecule has 1 aromatic heterocycles. The van der Waals surface area contributed by atoms with Gasteiger partial charge in [0.05, 0.1) is 0 Å². The van der Waals surface area contributed by atoms with Gasteiger partial charge in [-0.1, -0.05) is 12.1 Å². The molecule has 8 nitrogen and oxygen atoms in total. The average Bonchev–Trinajstić information content (AvgIpc) is 2.66. The van der Waals surface area contributed by atoms with E-state index in [0.717, 1.165) is 0 Å². The molecule has 18 heavy (non-hydrogen) atoms. The molecule has 0 saturated carbocycles. The number of imidazole rings is 1. The number of hydrogen-bond donors (Lipinski definition) is 3. The van der Waals surface area contributed by atoms with Crippen molar-refractivity contribution in [3.05, 3.63) is 12.0 Å². The number of amidine groups is 1. The summed E-state index contributed by atoms with van der Waals surface area (Å²) in [6.07, 6.45) is 1.42. The third-order valence-electron chi connectivity index (χ3n) is 2.56. The first-order chi connectivity index (χ1) is 8.27. The van der Waals surface area contributed by atoms with Crippen molar-refractivity contribution in [3.8, 4) is 0 Å². The summed E-state index contributed by atoms with van der Waals surface area (Å²) in [5.74, 6) is 0.157. The van der Waals surface area contributed by atoms with Crippen LogP contribution in [-0.4, -0.2) is 35.6 Å². The molecule has 0 saturated heterocycles. The Morgan fingerprint density at radius 2 is 2.33 bits per heavy atom. The van der Waals surface area contributed by atoms with Gasteiger partial charge in [-0.3, -0.25) is 0 Å². The lowest BCUT2D eigenvalue weighted by atomic mass is 10.2. The maximum atomic E-state index is 11.9. The zero-order valence-electron chi connectivity index (χ0n) is 10.5. The number of rotatable bonds is 5. The Labute approximate surface area is 106 Å². The number of hydrogen-bond acceptors (Lipinski definition) is 5. The van der Waals surface area contributed by atoms with Gasteiger partial charge in [0.1, 0.15) is 11.7 Å². The summed E-state index contributed by atoms with van der Waals surface area (Å²) in [4.78, 5) is 3.93. The van der Waals surface area contributed by atoms with Crippen LogP contribution in [0.25, 0.3) is 0 Å². The van der Waals surface area contributed by atoms with E-state index < -0.39 is 15.9 Å². The van der Waals surface area contributed by atoms with Crippen LogP contribution in [0.1, 0.15) is 12.7 Å². The maximum Gasteiger partial charge on any atom is 0.259 e. The Morgan fingerprint density at radius 1 is 1.72 bits per heavy atom. The lowest BCUT2D eigenvalue weighted by molar-refractivity contribution is 0.314. The first kappa shape index (κ1) is 14.5. The van der Waals surface area contributed by atoms with Crippen LogP contribution in [0.3, 0.4) is 0 Å². The van der Waals surface area contributed by atoms with Crippen molar-refractivity contribution in [1.29, 1.82) is 0 Å². The van der Waals surface area contributed by atoms with Gasteiger partial charge in [0.25, 0.3) is 10.0 Å². The fraction of sp³-hybridized carbons (Fsp3) is 0.556. The smallest absolute Gasteiger partial charge is 0.259 e. The van der Waals surface area contributed by atoms with Crippen LogP contribution in [-0.2, 0) is 17.1 Å². The predicted octanol–water partition coefficient (Wildman–Crippen LogP) is -0.611. The molecule has 0 fully saturated rings. The highest BCUT2D eigenvalue weighted by Crippen LogP contribution is 2.07. The number of oxime groups is 1. The van der Waals surface area contributed by atoms with Crippen molar-refractivity contribution in [2.45, 2.75) is 18.9 Å². The highest BCUT2D eigenvalue weighted by Gasteiger charge is 2.20. The fourth-order valence-corrected chi connectivity index (χ4v) is 2.33. The quantitative estimate of drug-likeness (QED) is 0.286. The largest absolute Gasteiger partial charge is 0.409 e. The second kappa shape index (κ2) is 5.36. The monoisotopic (exact) mass is 275 g/mol. The van der Waals surface area contributed by atoms with E-state index in [0.29, 0.717) is 5.82 Å². The van der Waals surface area contributed by atoms with Gasteiger partial charge in [0.2, 0.25) is 0 Å². The van der Waals surface area contributed by atoms with E-state index in [2.05, 4.69) is 14.9 Å². The van der Waals surface area contributed by atoms with Crippen molar-refractivity contribution < 1.29 is 13.6 Å². The van der Waals surface area contributed by atoms with E-state index in [1.165, 1.54) is 6.20 Å². The van der Waals surface area contributed by atoms with E-state index >= 15 is 0 Å². The number of aryl methyl sites for hydroxylation is 2. The van der Waals surface area contributed by atoms with Crippen molar-refractivity contribution in [3.63, 3.8) is 0 Å². The Hall–Kier alpha value is -1.61. The second-order valence-corrected chi connectivity index (χ2v) is 5.73. The first-order valence-corrected chi connectivity index (χ1v) is 6.73. The molecule has 1 heterocycles. The molecule has 0 aromatic carbocycles. The normalized spacial score (nSPS) is 14.7. The van der Waals surface area contributed by atoms with E-state index in [9.17, 15) is 8.42 Å². The Kier molecular flexibility index (Phi) is 4.30. The number of aromatic nitrogens is 2. The van der Waals surface area contributed by atoms with Gasteiger partial charge in [0, 0.05) is 25.7 Å². The average molecular weight is 275 g/mol. The molecule has 0 aliphatic heterocycles. The molecule has 1 unspecified atom stereocenters. The Bertz CT molecular complexity index is 529. The zero-order valence-corrected chi connectivity index (χ0v) is 11.3. The maximum absolute atomic E-state index is 11.9. The minimum atomic E-state index is -3.67. The summed E-state index contributed by atoms with van der Waals surface area (Å²) in [6.45, 7) is 3.38. The summed E-state index contributed by atoms with van der Waals surface area (Å²) in [5.41, 5.74) is 5.36. The molecule has 9 heteroatoms. The SMILES string of the molecule is Cc1nc(S(=O)(=O)NCC(C)C(N)=NO)cn1C. The van der Waals surface area contributed by atoms with Crippen LogP contribution in [0, 0.1) is 12.8 Å². The Balaban J connectivity index is 2.78. The molecule has 0 bridgehead atoms. The third-order valence-corrected chi connectivity index (χ3v) is 3.86. The van der Waals surface area contributed by atoms with Crippen molar-refractivity contribution in [2.75, 3.05) is 6.54 Å². The second-order valence-electron chi connectivity index (χ2n) is 4.02. The Morgan fingerprint density at radius 3 is 2.78 bits per heavy atom. The topological polar surface area (TPSA) is 123 Å². The molecule has 4 N–H and O–H groups in total. The molecule has 0 aliphatic rings. The molecule has 0 amide bonds. The van der Waals surface area contributed by atoms with Crippen LogP contribution in [0.15, 0.2) is 16.4 Å². The van der Waals surface area contributed by atoms with E-state index in [1.807, 2.05) is 0 Å². The standard InChI is InChI=1S/C9H17N5O3S/c1-6(9(10)13-15)4-11-18(16,17)8-5-14(3)7(2)12-8/h5-6,11,15H,4H2,1-3H3,(H2,10,13). The highest BCUT2D eigenvalue weighted by molar-refractivity contribution is 7.89. The molecule has 0 radical (unpaired) electrons. The van der Waals surface area contributed by atoms with Gasteiger partial charge in [-0.05, 0) is 6.92 Å². The van der Waals surface area contributed by atoms with Gasteiger partial charge in [0.15, 0.2) is 5.03 Å². The summed E-state index contributed by atoms with van der Waals surface area (Å²) in [7, 11) is -1.96.